The van der Waals surface area contributed by atoms with E-state index in [9.17, 15) is 0 Å². The second kappa shape index (κ2) is 4.24. The lowest BCUT2D eigenvalue weighted by Gasteiger charge is -2.04. The average molecular weight is 173 g/mol. The van der Waals surface area contributed by atoms with Crippen molar-refractivity contribution in [2.24, 2.45) is 0 Å². The van der Waals surface area contributed by atoms with Crippen LogP contribution in [0.3, 0.4) is 0 Å². The Morgan fingerprint density at radius 1 is 1.08 bits per heavy atom. The fraction of sp³-hybridized carbons (Fsp3) is 0.333. The lowest BCUT2D eigenvalue weighted by Crippen LogP contribution is -2.17. The van der Waals surface area contributed by atoms with Crippen molar-refractivity contribution in [2.45, 2.75) is 12.8 Å². The van der Waals surface area contributed by atoms with Crippen LogP contribution >= 0.6 is 0 Å². The summed E-state index contributed by atoms with van der Waals surface area (Å²) in [6, 6.07) is 8.63. The molecule has 1 heteroatoms. The maximum Gasteiger partial charge on any atom is -0.000801 e. The molecule has 1 N–H and O–H groups in total. The molecule has 0 spiro atoms. The van der Waals surface area contributed by atoms with E-state index < -0.39 is 0 Å². The van der Waals surface area contributed by atoms with Gasteiger partial charge in [0, 0.05) is 0 Å². The van der Waals surface area contributed by atoms with Gasteiger partial charge in [-0.15, -0.1) is 0 Å². The van der Waals surface area contributed by atoms with E-state index in [0.717, 1.165) is 25.9 Å². The van der Waals surface area contributed by atoms with Gasteiger partial charge >= 0.3 is 0 Å². The summed E-state index contributed by atoms with van der Waals surface area (Å²) < 4.78 is 0. The van der Waals surface area contributed by atoms with Gasteiger partial charge in [-0.2, -0.15) is 0 Å². The zero-order chi connectivity index (χ0) is 8.93. The Hall–Kier alpha value is -1.08. The van der Waals surface area contributed by atoms with Gasteiger partial charge in [-0.05, 0) is 37.1 Å². The van der Waals surface area contributed by atoms with Crippen molar-refractivity contribution in [2.75, 3.05) is 13.1 Å². The largest absolute Gasteiger partial charge is 0.316 e. The fourth-order valence-electron chi connectivity index (χ4n) is 1.67. The third kappa shape index (κ3) is 2.19. The molecule has 0 saturated heterocycles. The predicted octanol–water partition coefficient (Wildman–Crippen LogP) is 2.24. The molecule has 1 aromatic carbocycles. The third-order valence-corrected chi connectivity index (χ3v) is 2.41. The predicted molar refractivity (Wildman–Crippen MR) is 56.7 cm³/mol. The zero-order valence-corrected chi connectivity index (χ0v) is 7.79. The van der Waals surface area contributed by atoms with Crippen LogP contribution in [0, 0.1) is 0 Å². The minimum absolute atomic E-state index is 1.10. The molecule has 2 rings (SSSR count). The van der Waals surface area contributed by atoms with Crippen LogP contribution in [0.5, 0.6) is 0 Å². The molecular formula is C12H15N. The topological polar surface area (TPSA) is 12.0 Å². The van der Waals surface area contributed by atoms with E-state index in [1.807, 2.05) is 0 Å². The summed E-state index contributed by atoms with van der Waals surface area (Å²) in [7, 11) is 0. The third-order valence-electron chi connectivity index (χ3n) is 2.41. The Kier molecular flexibility index (Phi) is 2.78. The minimum atomic E-state index is 1.10. The van der Waals surface area contributed by atoms with Gasteiger partial charge in [0.2, 0.25) is 0 Å². The molecule has 0 radical (unpaired) electrons. The molecule has 0 bridgehead atoms. The zero-order valence-electron chi connectivity index (χ0n) is 7.79. The maximum absolute atomic E-state index is 3.42. The van der Waals surface area contributed by atoms with E-state index in [2.05, 4.69) is 41.7 Å². The van der Waals surface area contributed by atoms with Crippen LogP contribution in [0.1, 0.15) is 17.5 Å². The lowest BCUT2D eigenvalue weighted by molar-refractivity contribution is 0.692. The smallest absolute Gasteiger partial charge is 0.000801 e. The highest BCUT2D eigenvalue weighted by atomic mass is 14.8. The van der Waals surface area contributed by atoms with Crippen LogP contribution in [0.25, 0.3) is 6.08 Å². The van der Waals surface area contributed by atoms with Crippen molar-refractivity contribution in [1.82, 2.24) is 5.32 Å². The van der Waals surface area contributed by atoms with E-state index in [1.165, 1.54) is 11.1 Å². The molecule has 1 aliphatic rings. The summed E-state index contributed by atoms with van der Waals surface area (Å²) in [5.41, 5.74) is 2.83. The molecule has 0 amide bonds. The second-order valence-corrected chi connectivity index (χ2v) is 3.39. The molecule has 1 aromatic rings. The normalized spacial score (nSPS) is 19.4. The van der Waals surface area contributed by atoms with E-state index >= 15 is 0 Å². The Bertz CT molecular complexity index is 302. The molecule has 0 atom stereocenters. The van der Waals surface area contributed by atoms with Crippen LogP contribution in [0.15, 0.2) is 30.3 Å². The van der Waals surface area contributed by atoms with Crippen LogP contribution in [0.4, 0.5) is 0 Å². The van der Waals surface area contributed by atoms with E-state index in [1.54, 1.807) is 0 Å². The molecule has 0 fully saturated rings. The molecular weight excluding hydrogens is 158 g/mol. The van der Waals surface area contributed by atoms with Gasteiger partial charge in [0.15, 0.2) is 0 Å². The van der Waals surface area contributed by atoms with Crippen LogP contribution in [-0.4, -0.2) is 13.1 Å². The van der Waals surface area contributed by atoms with E-state index in [4.69, 9.17) is 0 Å². The fourth-order valence-corrected chi connectivity index (χ4v) is 1.67. The summed E-state index contributed by atoms with van der Waals surface area (Å²) in [6.07, 6.45) is 6.76. The summed E-state index contributed by atoms with van der Waals surface area (Å²) in [4.78, 5) is 0. The summed E-state index contributed by atoms with van der Waals surface area (Å²) in [6.45, 7) is 2.20. The number of hydrogen-bond acceptors (Lipinski definition) is 1. The Labute approximate surface area is 79.5 Å². The Morgan fingerprint density at radius 3 is 3.00 bits per heavy atom. The molecule has 13 heavy (non-hydrogen) atoms. The Morgan fingerprint density at radius 2 is 2.00 bits per heavy atom. The SMILES string of the molecule is C1=C\c2ccccc2CCNCC/1. The van der Waals surface area contributed by atoms with Gasteiger partial charge in [-0.3, -0.25) is 0 Å². The molecule has 0 aliphatic carbocycles. The van der Waals surface area contributed by atoms with Crippen molar-refractivity contribution in [1.29, 1.82) is 0 Å². The van der Waals surface area contributed by atoms with Crippen molar-refractivity contribution < 1.29 is 0 Å². The summed E-state index contributed by atoms with van der Waals surface area (Å²) >= 11 is 0. The van der Waals surface area contributed by atoms with Gasteiger partial charge < -0.3 is 5.32 Å². The van der Waals surface area contributed by atoms with Gasteiger partial charge in [0.25, 0.3) is 0 Å². The number of nitrogens with one attached hydrogen (secondary N) is 1. The first kappa shape index (κ1) is 8.52. The number of rotatable bonds is 0. The van der Waals surface area contributed by atoms with E-state index in [0.29, 0.717) is 0 Å². The van der Waals surface area contributed by atoms with Crippen LogP contribution in [-0.2, 0) is 6.42 Å². The van der Waals surface area contributed by atoms with Gasteiger partial charge in [-0.25, -0.2) is 0 Å². The highest BCUT2D eigenvalue weighted by molar-refractivity contribution is 5.53. The first-order chi connectivity index (χ1) is 6.47. The maximum atomic E-state index is 3.42. The first-order valence-corrected chi connectivity index (χ1v) is 4.92. The molecule has 0 saturated carbocycles. The number of fused-ring (bicyclic) bond motifs is 1. The second-order valence-electron chi connectivity index (χ2n) is 3.39. The number of hydrogen-bond donors (Lipinski definition) is 1. The number of benzene rings is 1. The van der Waals surface area contributed by atoms with Gasteiger partial charge in [-0.1, -0.05) is 36.4 Å². The highest BCUT2D eigenvalue weighted by Crippen LogP contribution is 2.12. The summed E-state index contributed by atoms with van der Waals surface area (Å²) in [5, 5.41) is 3.42. The van der Waals surface area contributed by atoms with Crippen molar-refractivity contribution >= 4 is 6.08 Å². The standard InChI is InChI=1S/C12H15N/c1-2-6-12-8-10-13-9-4-3-7-11(12)5-1/h1-3,5-7,13H,4,8-10H2/b7-3-. The molecule has 68 valence electrons. The highest BCUT2D eigenvalue weighted by Gasteiger charge is 1.99. The molecule has 0 unspecified atom stereocenters. The average Bonchev–Trinajstić information content (AvgIpc) is 2.28. The van der Waals surface area contributed by atoms with Crippen molar-refractivity contribution in [3.8, 4) is 0 Å². The van der Waals surface area contributed by atoms with Crippen molar-refractivity contribution in [3.05, 3.63) is 41.5 Å². The first-order valence-electron chi connectivity index (χ1n) is 4.92. The van der Waals surface area contributed by atoms with E-state index in [-0.39, 0.29) is 0 Å². The molecule has 1 nitrogen and oxygen atoms in total. The summed E-state index contributed by atoms with van der Waals surface area (Å²) in [5.74, 6) is 0. The molecule has 1 heterocycles. The lowest BCUT2D eigenvalue weighted by atomic mass is 10.0. The molecule has 1 aliphatic heterocycles. The molecule has 0 aromatic heterocycles. The minimum Gasteiger partial charge on any atom is -0.316 e. The Balaban J connectivity index is 2.28. The van der Waals surface area contributed by atoms with Crippen LogP contribution in [0.2, 0.25) is 0 Å². The van der Waals surface area contributed by atoms with Gasteiger partial charge in [0.05, 0.1) is 0 Å². The van der Waals surface area contributed by atoms with Gasteiger partial charge in [0.1, 0.15) is 0 Å². The van der Waals surface area contributed by atoms with Crippen LogP contribution < -0.4 is 5.32 Å². The quantitative estimate of drug-likeness (QED) is 0.634. The van der Waals surface area contributed by atoms with Crippen molar-refractivity contribution in [3.63, 3.8) is 0 Å². The monoisotopic (exact) mass is 173 g/mol.